The number of carbonyl (C=O) groups excluding carboxylic acids is 2. The van der Waals surface area contributed by atoms with Crippen LogP contribution in [0.3, 0.4) is 0 Å². The maximum absolute atomic E-state index is 12.7. The predicted octanol–water partition coefficient (Wildman–Crippen LogP) is 2.58. The molecule has 0 bridgehead atoms. The van der Waals surface area contributed by atoms with E-state index in [1.54, 1.807) is 27.1 Å². The average Bonchev–Trinajstić information content (AvgIpc) is 3.27. The molecular weight excluding hydrogens is 336 g/mol. The SMILES string of the molecule is CC(C)CCC(=O)N1Cc2ccnn2[C@H](C(=O)NCc2cccs2)C1. The zero-order valence-electron chi connectivity index (χ0n) is 14.6. The third kappa shape index (κ3) is 4.28. The van der Waals surface area contributed by atoms with E-state index < -0.39 is 6.04 Å². The van der Waals surface area contributed by atoms with Gasteiger partial charge in [-0.2, -0.15) is 5.10 Å². The first kappa shape index (κ1) is 17.7. The summed E-state index contributed by atoms with van der Waals surface area (Å²) in [6.45, 7) is 5.62. The Morgan fingerprint density at radius 1 is 1.40 bits per heavy atom. The molecule has 25 heavy (non-hydrogen) atoms. The summed E-state index contributed by atoms with van der Waals surface area (Å²) < 4.78 is 1.75. The van der Waals surface area contributed by atoms with Crippen molar-refractivity contribution in [3.63, 3.8) is 0 Å². The Morgan fingerprint density at radius 2 is 2.24 bits per heavy atom. The molecule has 0 saturated carbocycles. The standard InChI is InChI=1S/C18H24N4O2S/c1-13(2)5-6-17(23)21-11-14-7-8-20-22(14)16(12-21)18(24)19-10-15-4-3-9-25-15/h3-4,7-9,13,16H,5-6,10-12H2,1-2H3,(H,19,24)/t16-/m0/s1. The average molecular weight is 360 g/mol. The van der Waals surface area contributed by atoms with Crippen LogP contribution in [0.1, 0.15) is 43.3 Å². The van der Waals surface area contributed by atoms with Crippen LogP contribution in [0.2, 0.25) is 0 Å². The van der Waals surface area contributed by atoms with Crippen LogP contribution in [0.15, 0.2) is 29.8 Å². The van der Waals surface area contributed by atoms with Gasteiger partial charge < -0.3 is 10.2 Å². The van der Waals surface area contributed by atoms with Gasteiger partial charge >= 0.3 is 0 Å². The summed E-state index contributed by atoms with van der Waals surface area (Å²) in [5, 5.41) is 9.25. The molecule has 1 aliphatic rings. The number of nitrogens with one attached hydrogen (secondary N) is 1. The Kier molecular flexibility index (Phi) is 5.53. The summed E-state index contributed by atoms with van der Waals surface area (Å²) in [6, 6.07) is 5.36. The molecule has 134 valence electrons. The van der Waals surface area contributed by atoms with Crippen LogP contribution in [0, 0.1) is 5.92 Å². The van der Waals surface area contributed by atoms with Gasteiger partial charge in [-0.3, -0.25) is 14.3 Å². The van der Waals surface area contributed by atoms with E-state index in [1.807, 2.05) is 23.6 Å². The van der Waals surface area contributed by atoms with Gasteiger partial charge in [0.1, 0.15) is 6.04 Å². The van der Waals surface area contributed by atoms with Gasteiger partial charge in [-0.1, -0.05) is 19.9 Å². The first-order valence-electron chi connectivity index (χ1n) is 8.65. The third-order valence-corrected chi connectivity index (χ3v) is 5.28. The van der Waals surface area contributed by atoms with Crippen molar-refractivity contribution in [3.05, 3.63) is 40.3 Å². The van der Waals surface area contributed by atoms with Gasteiger partial charge in [-0.25, -0.2) is 0 Å². The van der Waals surface area contributed by atoms with Crippen LogP contribution in [-0.4, -0.2) is 33.0 Å². The second kappa shape index (κ2) is 7.82. The Labute approximate surface area is 151 Å². The molecule has 1 atom stereocenters. The van der Waals surface area contributed by atoms with Crippen LogP contribution in [-0.2, 0) is 22.7 Å². The first-order valence-corrected chi connectivity index (χ1v) is 9.53. The monoisotopic (exact) mass is 360 g/mol. The van der Waals surface area contributed by atoms with Crippen molar-refractivity contribution in [2.24, 2.45) is 5.92 Å². The second-order valence-corrected chi connectivity index (χ2v) is 7.82. The van der Waals surface area contributed by atoms with Crippen molar-refractivity contribution >= 4 is 23.2 Å². The van der Waals surface area contributed by atoms with Crippen molar-refractivity contribution in [2.75, 3.05) is 6.54 Å². The number of hydrogen-bond acceptors (Lipinski definition) is 4. The third-order valence-electron chi connectivity index (χ3n) is 4.40. The van der Waals surface area contributed by atoms with Crippen molar-refractivity contribution < 1.29 is 9.59 Å². The van der Waals surface area contributed by atoms with Crippen LogP contribution in [0.25, 0.3) is 0 Å². The summed E-state index contributed by atoms with van der Waals surface area (Å²) in [7, 11) is 0. The van der Waals surface area contributed by atoms with Crippen LogP contribution in [0.4, 0.5) is 0 Å². The van der Waals surface area contributed by atoms with Gasteiger partial charge in [-0.05, 0) is 29.9 Å². The zero-order chi connectivity index (χ0) is 17.8. The van der Waals surface area contributed by atoms with Gasteiger partial charge in [0.2, 0.25) is 11.8 Å². The highest BCUT2D eigenvalue weighted by Crippen LogP contribution is 2.22. The molecule has 2 aromatic rings. The Bertz CT molecular complexity index is 723. The summed E-state index contributed by atoms with van der Waals surface area (Å²) in [5.41, 5.74) is 0.903. The van der Waals surface area contributed by atoms with Crippen molar-refractivity contribution in [1.82, 2.24) is 20.0 Å². The summed E-state index contributed by atoms with van der Waals surface area (Å²) >= 11 is 1.61. The number of amides is 2. The van der Waals surface area contributed by atoms with E-state index in [4.69, 9.17) is 0 Å². The van der Waals surface area contributed by atoms with Gasteiger partial charge in [0.05, 0.1) is 25.3 Å². The minimum Gasteiger partial charge on any atom is -0.349 e. The maximum Gasteiger partial charge on any atom is 0.247 e. The molecule has 1 N–H and O–H groups in total. The fourth-order valence-electron chi connectivity index (χ4n) is 2.95. The molecule has 0 fully saturated rings. The molecule has 0 saturated heterocycles. The molecule has 0 aromatic carbocycles. The molecule has 2 amide bonds. The van der Waals surface area contributed by atoms with E-state index in [1.165, 1.54) is 0 Å². The fraction of sp³-hybridized carbons (Fsp3) is 0.500. The van der Waals surface area contributed by atoms with Gasteiger partial charge in [0.25, 0.3) is 0 Å². The lowest BCUT2D eigenvalue weighted by molar-refractivity contribution is -0.135. The van der Waals surface area contributed by atoms with E-state index in [9.17, 15) is 9.59 Å². The number of rotatable bonds is 6. The quantitative estimate of drug-likeness (QED) is 0.861. The zero-order valence-corrected chi connectivity index (χ0v) is 15.5. The number of hydrogen-bond donors (Lipinski definition) is 1. The summed E-state index contributed by atoms with van der Waals surface area (Å²) in [4.78, 5) is 28.1. The van der Waals surface area contributed by atoms with E-state index in [2.05, 4.69) is 24.3 Å². The highest BCUT2D eigenvalue weighted by molar-refractivity contribution is 7.09. The van der Waals surface area contributed by atoms with E-state index in [0.29, 0.717) is 32.0 Å². The maximum atomic E-state index is 12.7. The molecule has 3 rings (SSSR count). The lowest BCUT2D eigenvalue weighted by atomic mass is 10.1. The fourth-order valence-corrected chi connectivity index (χ4v) is 3.60. The van der Waals surface area contributed by atoms with Gasteiger partial charge in [0, 0.05) is 17.5 Å². The molecule has 0 aliphatic carbocycles. The molecule has 3 heterocycles. The molecule has 0 spiro atoms. The number of carbonyl (C=O) groups is 2. The highest BCUT2D eigenvalue weighted by Gasteiger charge is 2.32. The first-order chi connectivity index (χ1) is 12.0. The number of nitrogens with zero attached hydrogens (tertiary/aromatic N) is 3. The van der Waals surface area contributed by atoms with Crippen LogP contribution < -0.4 is 5.32 Å². The smallest absolute Gasteiger partial charge is 0.247 e. The van der Waals surface area contributed by atoms with Crippen LogP contribution >= 0.6 is 11.3 Å². The molecule has 7 heteroatoms. The number of thiophene rings is 1. The highest BCUT2D eigenvalue weighted by atomic mass is 32.1. The Hall–Kier alpha value is -2.15. The summed E-state index contributed by atoms with van der Waals surface area (Å²) in [5.74, 6) is 0.501. The van der Waals surface area contributed by atoms with Crippen molar-refractivity contribution in [1.29, 1.82) is 0 Å². The Balaban J connectivity index is 1.67. The Morgan fingerprint density at radius 3 is 2.96 bits per heavy atom. The molecular formula is C18H24N4O2S. The lowest BCUT2D eigenvalue weighted by Gasteiger charge is -2.33. The predicted molar refractivity (Wildman–Crippen MR) is 96.9 cm³/mol. The normalized spacial score (nSPS) is 16.8. The minimum absolute atomic E-state index is 0.0975. The molecule has 2 aromatic heterocycles. The van der Waals surface area contributed by atoms with Gasteiger partial charge in [0.15, 0.2) is 0 Å². The summed E-state index contributed by atoms with van der Waals surface area (Å²) in [6.07, 6.45) is 3.08. The van der Waals surface area contributed by atoms with E-state index in [-0.39, 0.29) is 11.8 Å². The van der Waals surface area contributed by atoms with E-state index >= 15 is 0 Å². The number of fused-ring (bicyclic) bond motifs is 1. The molecule has 6 nitrogen and oxygen atoms in total. The van der Waals surface area contributed by atoms with Gasteiger partial charge in [-0.15, -0.1) is 11.3 Å². The lowest BCUT2D eigenvalue weighted by Crippen LogP contribution is -2.46. The van der Waals surface area contributed by atoms with Crippen molar-refractivity contribution in [3.8, 4) is 0 Å². The van der Waals surface area contributed by atoms with Crippen LogP contribution in [0.5, 0.6) is 0 Å². The molecule has 0 unspecified atom stereocenters. The minimum atomic E-state index is -0.471. The van der Waals surface area contributed by atoms with Crippen molar-refractivity contribution in [2.45, 2.75) is 45.8 Å². The molecule has 0 radical (unpaired) electrons. The number of aromatic nitrogens is 2. The largest absolute Gasteiger partial charge is 0.349 e. The van der Waals surface area contributed by atoms with E-state index in [0.717, 1.165) is 17.0 Å². The second-order valence-electron chi connectivity index (χ2n) is 6.79. The topological polar surface area (TPSA) is 67.2 Å². The molecule has 1 aliphatic heterocycles.